The van der Waals surface area contributed by atoms with Crippen molar-refractivity contribution >= 4 is 0 Å². The van der Waals surface area contributed by atoms with Gasteiger partial charge in [-0.3, -0.25) is 15.1 Å². The molecule has 8 nitrogen and oxygen atoms in total. The van der Waals surface area contributed by atoms with E-state index in [1.807, 2.05) is 6.07 Å². The molecule has 4 rings (SSSR count). The molecule has 4 aromatic rings. The molecule has 0 spiro atoms. The van der Waals surface area contributed by atoms with Crippen LogP contribution in [0.4, 0.5) is 0 Å². The molecule has 0 unspecified atom stereocenters. The van der Waals surface area contributed by atoms with E-state index in [2.05, 4.69) is 40.1 Å². The molecule has 112 valence electrons. The van der Waals surface area contributed by atoms with E-state index in [9.17, 15) is 0 Å². The summed E-state index contributed by atoms with van der Waals surface area (Å²) in [7, 11) is 0. The SMILES string of the molecule is c1c[nH]cn1.c1cn[nH]c1.c1cnccn1.c1cncnc1. The Morgan fingerprint density at radius 1 is 0.545 bits per heavy atom. The minimum atomic E-state index is 1.50. The summed E-state index contributed by atoms with van der Waals surface area (Å²) < 4.78 is 0. The summed E-state index contributed by atoms with van der Waals surface area (Å²) in [6, 6.07) is 3.61. The molecule has 0 amide bonds. The van der Waals surface area contributed by atoms with Crippen molar-refractivity contribution in [3.63, 3.8) is 0 Å². The summed E-state index contributed by atoms with van der Waals surface area (Å²) in [6.07, 6.45) is 20.0. The largest absolute Gasteiger partial charge is 0.351 e. The molecule has 8 heteroatoms. The average Bonchev–Trinajstić information content (AvgIpc) is 3.37. The van der Waals surface area contributed by atoms with Crippen molar-refractivity contribution in [1.29, 1.82) is 0 Å². The maximum atomic E-state index is 3.72. The smallest absolute Gasteiger partial charge is 0.115 e. The van der Waals surface area contributed by atoms with Crippen LogP contribution in [0.3, 0.4) is 0 Å². The zero-order valence-corrected chi connectivity index (χ0v) is 11.8. The van der Waals surface area contributed by atoms with E-state index in [1.165, 1.54) is 6.33 Å². The van der Waals surface area contributed by atoms with Crippen LogP contribution in [0.15, 0.2) is 86.8 Å². The molecule has 0 aliphatic heterocycles. The number of imidazole rings is 1. The van der Waals surface area contributed by atoms with Gasteiger partial charge in [-0.05, 0) is 12.1 Å². The van der Waals surface area contributed by atoms with Gasteiger partial charge in [0.2, 0.25) is 0 Å². The van der Waals surface area contributed by atoms with Crippen LogP contribution in [-0.2, 0) is 0 Å². The number of aromatic amines is 2. The van der Waals surface area contributed by atoms with Gasteiger partial charge in [-0.1, -0.05) is 0 Å². The number of H-pyrrole nitrogens is 2. The first-order valence-corrected chi connectivity index (χ1v) is 6.26. The normalized spacial score (nSPS) is 8.00. The molecule has 0 aliphatic carbocycles. The predicted octanol–water partition coefficient (Wildman–Crippen LogP) is 1.77. The van der Waals surface area contributed by atoms with Crippen LogP contribution in [0.1, 0.15) is 0 Å². The van der Waals surface area contributed by atoms with Crippen LogP contribution in [0, 0.1) is 0 Å². The maximum Gasteiger partial charge on any atom is 0.115 e. The Hall–Kier alpha value is -3.42. The lowest BCUT2D eigenvalue weighted by Crippen LogP contribution is -1.66. The van der Waals surface area contributed by atoms with Crippen LogP contribution in [0.5, 0.6) is 0 Å². The monoisotopic (exact) mass is 296 g/mol. The van der Waals surface area contributed by atoms with Crippen LogP contribution < -0.4 is 0 Å². The molecular formula is C14H16N8. The van der Waals surface area contributed by atoms with Crippen molar-refractivity contribution in [2.24, 2.45) is 0 Å². The number of nitrogens with zero attached hydrogens (tertiary/aromatic N) is 6. The standard InChI is InChI=1S/2C4H4N2.2C3H4N2/c1-2-6-4-3-5-1;1-2-5-4-6-3-1;1-2-5-3-4-1;1-2-4-5-3-1/h2*1-4H;2*1-3H,(H,4,5). The van der Waals surface area contributed by atoms with Crippen LogP contribution >= 0.6 is 0 Å². The molecule has 0 saturated heterocycles. The van der Waals surface area contributed by atoms with E-state index in [0.29, 0.717) is 0 Å². The topological polar surface area (TPSA) is 109 Å². The molecule has 4 aromatic heterocycles. The van der Waals surface area contributed by atoms with E-state index in [0.717, 1.165) is 0 Å². The van der Waals surface area contributed by atoms with Crippen molar-refractivity contribution in [3.8, 4) is 0 Å². The fraction of sp³-hybridized carbons (Fsp3) is 0. The third kappa shape index (κ3) is 11.7. The molecular weight excluding hydrogens is 280 g/mol. The van der Waals surface area contributed by atoms with Gasteiger partial charge >= 0.3 is 0 Å². The first-order chi connectivity index (χ1) is 11.0. The lowest BCUT2D eigenvalue weighted by Gasteiger charge is -1.70. The third-order valence-corrected chi connectivity index (χ3v) is 1.77. The molecule has 0 bridgehead atoms. The van der Waals surface area contributed by atoms with Crippen molar-refractivity contribution in [1.82, 2.24) is 40.1 Å². The Labute approximate surface area is 127 Å². The Balaban J connectivity index is 0.000000147. The van der Waals surface area contributed by atoms with Crippen molar-refractivity contribution < 1.29 is 0 Å². The number of rotatable bonds is 0. The van der Waals surface area contributed by atoms with E-state index < -0.39 is 0 Å². The van der Waals surface area contributed by atoms with Crippen LogP contribution in [0.2, 0.25) is 0 Å². The molecule has 0 radical (unpaired) electrons. The Bertz CT molecular complexity index is 450. The van der Waals surface area contributed by atoms with Crippen LogP contribution in [0.25, 0.3) is 0 Å². The summed E-state index contributed by atoms with van der Waals surface area (Å²) in [6.45, 7) is 0. The fourth-order valence-electron chi connectivity index (χ4n) is 0.937. The van der Waals surface area contributed by atoms with Crippen molar-refractivity contribution in [2.75, 3.05) is 0 Å². The zero-order valence-electron chi connectivity index (χ0n) is 11.8. The highest BCUT2D eigenvalue weighted by Crippen LogP contribution is 1.67. The molecule has 4 heterocycles. The second-order valence-electron chi connectivity index (χ2n) is 3.33. The van der Waals surface area contributed by atoms with E-state index >= 15 is 0 Å². The fourth-order valence-corrected chi connectivity index (χ4v) is 0.937. The number of hydrogen-bond donors (Lipinski definition) is 2. The molecule has 0 atom stereocenters. The highest BCUT2D eigenvalue weighted by Gasteiger charge is 1.60. The molecule has 2 N–H and O–H groups in total. The quantitative estimate of drug-likeness (QED) is 0.512. The lowest BCUT2D eigenvalue weighted by atomic mass is 10.7. The highest BCUT2D eigenvalue weighted by atomic mass is 15.1. The first-order valence-electron chi connectivity index (χ1n) is 6.26. The summed E-state index contributed by atoms with van der Waals surface area (Å²) in [5, 5.41) is 6.21. The minimum absolute atomic E-state index is 1.50. The average molecular weight is 296 g/mol. The number of aromatic nitrogens is 8. The molecule has 0 aliphatic rings. The molecule has 22 heavy (non-hydrogen) atoms. The van der Waals surface area contributed by atoms with Gasteiger partial charge in [0.15, 0.2) is 0 Å². The third-order valence-electron chi connectivity index (χ3n) is 1.77. The minimum Gasteiger partial charge on any atom is -0.351 e. The van der Waals surface area contributed by atoms with Crippen LogP contribution in [-0.4, -0.2) is 40.1 Å². The first kappa shape index (κ1) is 16.6. The molecule has 0 saturated carbocycles. The summed E-state index contributed by atoms with van der Waals surface area (Å²) >= 11 is 0. The van der Waals surface area contributed by atoms with E-state index in [-0.39, 0.29) is 0 Å². The second-order valence-corrected chi connectivity index (χ2v) is 3.33. The van der Waals surface area contributed by atoms with Gasteiger partial charge in [0.25, 0.3) is 0 Å². The second kappa shape index (κ2) is 14.0. The lowest BCUT2D eigenvalue weighted by molar-refractivity contribution is 1.09. The molecule has 0 fully saturated rings. The highest BCUT2D eigenvalue weighted by molar-refractivity contribution is 4.74. The van der Waals surface area contributed by atoms with E-state index in [4.69, 9.17) is 0 Å². The van der Waals surface area contributed by atoms with E-state index in [1.54, 1.807) is 74.4 Å². The summed E-state index contributed by atoms with van der Waals surface area (Å²) in [5.74, 6) is 0. The Morgan fingerprint density at radius 3 is 1.45 bits per heavy atom. The predicted molar refractivity (Wildman–Crippen MR) is 81.2 cm³/mol. The maximum absolute atomic E-state index is 3.72. The summed E-state index contributed by atoms with van der Waals surface area (Å²) in [4.78, 5) is 21.2. The summed E-state index contributed by atoms with van der Waals surface area (Å²) in [5.41, 5.74) is 0. The van der Waals surface area contributed by atoms with Gasteiger partial charge < -0.3 is 4.98 Å². The van der Waals surface area contributed by atoms with Crippen molar-refractivity contribution in [2.45, 2.75) is 0 Å². The van der Waals surface area contributed by atoms with Gasteiger partial charge in [0.05, 0.1) is 6.33 Å². The Morgan fingerprint density at radius 2 is 1.27 bits per heavy atom. The van der Waals surface area contributed by atoms with Gasteiger partial charge in [0, 0.05) is 62.0 Å². The zero-order chi connectivity index (χ0) is 15.6. The van der Waals surface area contributed by atoms with Gasteiger partial charge in [0.1, 0.15) is 6.33 Å². The number of hydrogen-bond acceptors (Lipinski definition) is 6. The van der Waals surface area contributed by atoms with Gasteiger partial charge in [-0.15, -0.1) is 0 Å². The van der Waals surface area contributed by atoms with Crippen molar-refractivity contribution in [3.05, 3.63) is 86.8 Å². The molecule has 0 aromatic carbocycles. The van der Waals surface area contributed by atoms with Gasteiger partial charge in [-0.25, -0.2) is 15.0 Å². The van der Waals surface area contributed by atoms with Gasteiger partial charge in [-0.2, -0.15) is 5.10 Å². The number of nitrogens with one attached hydrogen (secondary N) is 2. The Kier molecular flexibility index (Phi) is 10.6.